The molecule has 35 heavy (non-hydrogen) atoms. The summed E-state index contributed by atoms with van der Waals surface area (Å²) < 4.78 is 27.2. The fraction of sp³-hybridized carbons (Fsp3) is 0.462. The van der Waals surface area contributed by atoms with E-state index in [0.717, 1.165) is 22.0 Å². The molecule has 2 aromatic carbocycles. The first-order valence-electron chi connectivity index (χ1n) is 11.8. The second kappa shape index (κ2) is 13.1. The van der Waals surface area contributed by atoms with Gasteiger partial charge in [0.25, 0.3) is 0 Å². The molecule has 2 aromatic rings. The van der Waals surface area contributed by atoms with E-state index < -0.39 is 16.1 Å². The monoisotopic (exact) mass is 565 g/mol. The average Bonchev–Trinajstić information content (AvgIpc) is 2.79. The van der Waals surface area contributed by atoms with Gasteiger partial charge >= 0.3 is 0 Å². The molecule has 0 aliphatic carbocycles. The van der Waals surface area contributed by atoms with Crippen LogP contribution in [0.25, 0.3) is 0 Å². The van der Waals surface area contributed by atoms with Crippen molar-refractivity contribution in [2.75, 3.05) is 17.1 Å². The lowest BCUT2D eigenvalue weighted by Crippen LogP contribution is -2.49. The molecule has 0 saturated carbocycles. The highest BCUT2D eigenvalue weighted by molar-refractivity contribution is 9.10. The van der Waals surface area contributed by atoms with Gasteiger partial charge in [0.2, 0.25) is 21.8 Å². The number of halogens is 1. The number of rotatable bonds is 12. The second-order valence-corrected chi connectivity index (χ2v) is 11.7. The Morgan fingerprint density at radius 1 is 1.09 bits per heavy atom. The van der Waals surface area contributed by atoms with Gasteiger partial charge in [-0.2, -0.15) is 0 Å². The van der Waals surface area contributed by atoms with Crippen molar-refractivity contribution in [2.24, 2.45) is 0 Å². The molecule has 7 nitrogen and oxygen atoms in total. The topological polar surface area (TPSA) is 86.8 Å². The lowest BCUT2D eigenvalue weighted by atomic mass is 10.1. The van der Waals surface area contributed by atoms with Gasteiger partial charge in [0, 0.05) is 30.0 Å². The van der Waals surface area contributed by atoms with Crippen molar-refractivity contribution in [2.45, 2.75) is 65.6 Å². The summed E-state index contributed by atoms with van der Waals surface area (Å²) >= 11 is 3.46. The number of para-hydroxylation sites is 1. The quantitative estimate of drug-likeness (QED) is 0.406. The van der Waals surface area contributed by atoms with Gasteiger partial charge in [0.15, 0.2) is 0 Å². The van der Waals surface area contributed by atoms with Crippen LogP contribution in [0.4, 0.5) is 5.69 Å². The number of amides is 2. The number of aryl methyl sites for hydroxylation is 1. The van der Waals surface area contributed by atoms with Crippen molar-refractivity contribution in [3.63, 3.8) is 0 Å². The number of carbonyl (C=O) groups excluding carboxylic acids is 2. The van der Waals surface area contributed by atoms with Gasteiger partial charge in [-0.3, -0.25) is 13.9 Å². The molecule has 0 heterocycles. The molecule has 0 spiro atoms. The van der Waals surface area contributed by atoms with E-state index in [1.54, 1.807) is 24.0 Å². The minimum Gasteiger partial charge on any atom is -0.352 e. The van der Waals surface area contributed by atoms with E-state index in [1.165, 1.54) is 10.6 Å². The Labute approximate surface area is 218 Å². The lowest BCUT2D eigenvalue weighted by Gasteiger charge is -2.30. The fourth-order valence-corrected chi connectivity index (χ4v) is 5.18. The smallest absolute Gasteiger partial charge is 0.242 e. The molecule has 1 N–H and O–H groups in total. The summed E-state index contributed by atoms with van der Waals surface area (Å²) in [5.41, 5.74) is 2.35. The standard InChI is InChI=1S/C26H36BrN3O4S/c1-6-20(3)28-26(32)21(4)29(18-22-12-9-13-23(27)17-22)25(31)15-10-16-30(35(5,33)34)24-14-8-7-11-19(24)2/h7-9,11-14,17,20-21H,6,10,15-16,18H2,1-5H3,(H,28,32)/t20-,21-/m0/s1. The molecular formula is C26H36BrN3O4S. The van der Waals surface area contributed by atoms with Gasteiger partial charge in [-0.1, -0.05) is 53.2 Å². The minimum atomic E-state index is -3.52. The van der Waals surface area contributed by atoms with Crippen LogP contribution in [0.1, 0.15) is 51.2 Å². The Morgan fingerprint density at radius 2 is 1.77 bits per heavy atom. The van der Waals surface area contributed by atoms with E-state index in [9.17, 15) is 18.0 Å². The number of carbonyl (C=O) groups is 2. The van der Waals surface area contributed by atoms with Crippen molar-refractivity contribution in [3.8, 4) is 0 Å². The Bertz CT molecular complexity index is 1120. The zero-order valence-corrected chi connectivity index (χ0v) is 23.5. The maximum Gasteiger partial charge on any atom is 0.242 e. The molecular weight excluding hydrogens is 530 g/mol. The Kier molecular flexibility index (Phi) is 10.8. The number of hydrogen-bond acceptors (Lipinski definition) is 4. The van der Waals surface area contributed by atoms with Crippen molar-refractivity contribution in [1.29, 1.82) is 0 Å². The molecule has 9 heteroatoms. The maximum atomic E-state index is 13.3. The van der Waals surface area contributed by atoms with Crippen molar-refractivity contribution < 1.29 is 18.0 Å². The number of sulfonamides is 1. The molecule has 0 fully saturated rings. The fourth-order valence-electron chi connectivity index (χ4n) is 3.71. The second-order valence-electron chi connectivity index (χ2n) is 8.87. The van der Waals surface area contributed by atoms with Crippen LogP contribution in [0.2, 0.25) is 0 Å². The molecule has 2 atom stereocenters. The van der Waals surface area contributed by atoms with Gasteiger partial charge in [0.05, 0.1) is 11.9 Å². The zero-order chi connectivity index (χ0) is 26.2. The summed E-state index contributed by atoms with van der Waals surface area (Å²) in [6.07, 6.45) is 2.40. The molecule has 2 amide bonds. The van der Waals surface area contributed by atoms with E-state index >= 15 is 0 Å². The third kappa shape index (κ3) is 8.65. The number of nitrogens with one attached hydrogen (secondary N) is 1. The van der Waals surface area contributed by atoms with Gasteiger partial charge in [-0.25, -0.2) is 8.42 Å². The number of nitrogens with zero attached hydrogens (tertiary/aromatic N) is 2. The zero-order valence-electron chi connectivity index (χ0n) is 21.1. The first-order valence-corrected chi connectivity index (χ1v) is 14.5. The van der Waals surface area contributed by atoms with Crippen LogP contribution >= 0.6 is 15.9 Å². The van der Waals surface area contributed by atoms with Gasteiger partial charge in [-0.05, 0) is 62.9 Å². The summed E-state index contributed by atoms with van der Waals surface area (Å²) in [4.78, 5) is 27.8. The van der Waals surface area contributed by atoms with Crippen LogP contribution < -0.4 is 9.62 Å². The summed E-state index contributed by atoms with van der Waals surface area (Å²) in [6, 6.07) is 14.2. The van der Waals surface area contributed by atoms with Crippen molar-refractivity contribution in [3.05, 3.63) is 64.1 Å². The molecule has 0 aliphatic rings. The van der Waals surface area contributed by atoms with E-state index in [2.05, 4.69) is 21.2 Å². The van der Waals surface area contributed by atoms with E-state index in [4.69, 9.17) is 0 Å². The molecule has 0 aromatic heterocycles. The SMILES string of the molecule is CC[C@H](C)NC(=O)[C@H](C)N(Cc1cccc(Br)c1)C(=O)CCCN(c1ccccc1C)S(C)(=O)=O. The van der Waals surface area contributed by atoms with Crippen LogP contribution in [0.15, 0.2) is 53.0 Å². The Hall–Kier alpha value is -2.39. The maximum absolute atomic E-state index is 13.3. The number of hydrogen-bond donors (Lipinski definition) is 1. The first-order chi connectivity index (χ1) is 16.4. The molecule has 0 bridgehead atoms. The molecule has 0 aliphatic heterocycles. The van der Waals surface area contributed by atoms with Gasteiger partial charge in [-0.15, -0.1) is 0 Å². The predicted molar refractivity (Wildman–Crippen MR) is 145 cm³/mol. The molecule has 0 unspecified atom stereocenters. The Morgan fingerprint density at radius 3 is 2.37 bits per heavy atom. The number of benzene rings is 2. The summed E-state index contributed by atoms with van der Waals surface area (Å²) in [5, 5.41) is 2.95. The van der Waals surface area contributed by atoms with Gasteiger partial charge < -0.3 is 10.2 Å². The average molecular weight is 567 g/mol. The van der Waals surface area contributed by atoms with Crippen molar-refractivity contribution in [1.82, 2.24) is 10.2 Å². The van der Waals surface area contributed by atoms with Crippen LogP contribution in [0.5, 0.6) is 0 Å². The lowest BCUT2D eigenvalue weighted by molar-refractivity contribution is -0.140. The molecule has 2 rings (SSSR count). The van der Waals surface area contributed by atoms with Crippen molar-refractivity contribution >= 4 is 43.5 Å². The van der Waals surface area contributed by atoms with E-state index in [1.807, 2.05) is 57.2 Å². The third-order valence-electron chi connectivity index (χ3n) is 5.95. The largest absolute Gasteiger partial charge is 0.352 e. The van der Waals surface area contributed by atoms with E-state index in [0.29, 0.717) is 12.1 Å². The summed E-state index contributed by atoms with van der Waals surface area (Å²) in [7, 11) is -3.52. The molecule has 0 radical (unpaired) electrons. The highest BCUT2D eigenvalue weighted by Gasteiger charge is 2.27. The predicted octanol–water partition coefficient (Wildman–Crippen LogP) is 4.64. The van der Waals surface area contributed by atoms with E-state index in [-0.39, 0.29) is 37.4 Å². The summed E-state index contributed by atoms with van der Waals surface area (Å²) in [6.45, 7) is 7.95. The van der Waals surface area contributed by atoms with Gasteiger partial charge in [0.1, 0.15) is 6.04 Å². The molecule has 0 saturated heterocycles. The van der Waals surface area contributed by atoms with Crippen LogP contribution in [-0.2, 0) is 26.2 Å². The Balaban J connectivity index is 2.18. The minimum absolute atomic E-state index is 0.00482. The number of anilines is 1. The first kappa shape index (κ1) is 28.8. The highest BCUT2D eigenvalue weighted by Crippen LogP contribution is 2.23. The van der Waals surface area contributed by atoms with Crippen LogP contribution in [-0.4, -0.2) is 50.0 Å². The third-order valence-corrected chi connectivity index (χ3v) is 7.62. The highest BCUT2D eigenvalue weighted by atomic mass is 79.9. The molecule has 192 valence electrons. The summed E-state index contributed by atoms with van der Waals surface area (Å²) in [5.74, 6) is -0.407. The normalized spacial score (nSPS) is 13.1. The van der Waals surface area contributed by atoms with Crippen LogP contribution in [0, 0.1) is 6.92 Å². The van der Waals surface area contributed by atoms with Crippen LogP contribution in [0.3, 0.4) is 0 Å².